The quantitative estimate of drug-likeness (QED) is 0.667. The summed E-state index contributed by atoms with van der Waals surface area (Å²) in [5, 5.41) is 21.8. The molecule has 5 heteroatoms. The number of amides is 1. The molecule has 1 amide bonds. The lowest BCUT2D eigenvalue weighted by Gasteiger charge is -2.08. The molecule has 0 atom stereocenters. The Morgan fingerprint density at radius 3 is 2.73 bits per heavy atom. The summed E-state index contributed by atoms with van der Waals surface area (Å²) in [6.07, 6.45) is 1.42. The number of hydrogen-bond acceptors (Lipinski definition) is 3. The van der Waals surface area contributed by atoms with Gasteiger partial charge >= 0.3 is 0 Å². The van der Waals surface area contributed by atoms with Crippen LogP contribution in [0, 0.1) is 18.3 Å². The maximum atomic E-state index is 12.2. The van der Waals surface area contributed by atoms with Crippen LogP contribution in [0.2, 0.25) is 5.02 Å². The fourth-order valence-electron chi connectivity index (χ4n) is 1.89. The molecule has 2 N–H and O–H groups in total. The summed E-state index contributed by atoms with van der Waals surface area (Å²) in [7, 11) is 0. The van der Waals surface area contributed by atoms with Crippen LogP contribution in [0.5, 0.6) is 5.75 Å². The number of aromatic hydroxyl groups is 1. The second kappa shape index (κ2) is 6.79. The van der Waals surface area contributed by atoms with Gasteiger partial charge in [0.15, 0.2) is 0 Å². The van der Waals surface area contributed by atoms with E-state index in [4.69, 9.17) is 16.9 Å². The molecule has 4 nitrogen and oxygen atoms in total. The number of phenolic OH excluding ortho intramolecular Hbond substituents is 1. The summed E-state index contributed by atoms with van der Waals surface area (Å²) in [4.78, 5) is 12.2. The first-order valence-corrected chi connectivity index (χ1v) is 6.86. The van der Waals surface area contributed by atoms with Crippen molar-refractivity contribution in [3.05, 3.63) is 64.2 Å². The maximum absolute atomic E-state index is 12.2. The van der Waals surface area contributed by atoms with Gasteiger partial charge in [-0.2, -0.15) is 5.26 Å². The molecule has 0 saturated heterocycles. The second-order valence-corrected chi connectivity index (χ2v) is 5.11. The number of phenols is 1. The van der Waals surface area contributed by atoms with Crippen molar-refractivity contribution in [2.75, 3.05) is 5.32 Å². The molecular weight excluding hydrogens is 300 g/mol. The average Bonchev–Trinajstić information content (AvgIpc) is 2.47. The lowest BCUT2D eigenvalue weighted by Crippen LogP contribution is -2.14. The molecule has 0 bridgehead atoms. The van der Waals surface area contributed by atoms with Gasteiger partial charge in [0.25, 0.3) is 5.91 Å². The summed E-state index contributed by atoms with van der Waals surface area (Å²) in [6.45, 7) is 1.81. The zero-order valence-electron chi connectivity index (χ0n) is 11.8. The summed E-state index contributed by atoms with van der Waals surface area (Å²) in [5.74, 6) is -0.448. The first-order chi connectivity index (χ1) is 10.5. The highest BCUT2D eigenvalue weighted by Crippen LogP contribution is 2.21. The van der Waals surface area contributed by atoms with Gasteiger partial charge in [-0.15, -0.1) is 0 Å². The van der Waals surface area contributed by atoms with Crippen molar-refractivity contribution < 1.29 is 9.90 Å². The van der Waals surface area contributed by atoms with Gasteiger partial charge in [-0.05, 0) is 54.5 Å². The molecule has 0 saturated carbocycles. The van der Waals surface area contributed by atoms with E-state index in [1.54, 1.807) is 30.3 Å². The minimum absolute atomic E-state index is 0.0556. The molecule has 0 radical (unpaired) electrons. The molecule has 110 valence electrons. The normalized spacial score (nSPS) is 10.9. The van der Waals surface area contributed by atoms with Crippen LogP contribution >= 0.6 is 11.6 Å². The summed E-state index contributed by atoms with van der Waals surface area (Å²) < 4.78 is 0. The molecule has 0 fully saturated rings. The van der Waals surface area contributed by atoms with Crippen molar-refractivity contribution in [2.24, 2.45) is 0 Å². The van der Waals surface area contributed by atoms with Crippen molar-refractivity contribution in [3.63, 3.8) is 0 Å². The average molecular weight is 313 g/mol. The Morgan fingerprint density at radius 1 is 1.32 bits per heavy atom. The highest BCUT2D eigenvalue weighted by Gasteiger charge is 2.11. The van der Waals surface area contributed by atoms with Crippen LogP contribution in [0.3, 0.4) is 0 Å². The highest BCUT2D eigenvalue weighted by atomic mass is 35.5. The molecule has 0 heterocycles. The monoisotopic (exact) mass is 312 g/mol. The number of rotatable bonds is 3. The van der Waals surface area contributed by atoms with E-state index in [0.717, 1.165) is 5.56 Å². The lowest BCUT2D eigenvalue weighted by atomic mass is 10.1. The number of halogens is 1. The summed E-state index contributed by atoms with van der Waals surface area (Å²) in [5.41, 5.74) is 1.90. The molecule has 2 aromatic carbocycles. The predicted molar refractivity (Wildman–Crippen MR) is 86.5 cm³/mol. The fourth-order valence-corrected chi connectivity index (χ4v) is 2.11. The van der Waals surface area contributed by atoms with Crippen molar-refractivity contribution in [2.45, 2.75) is 6.92 Å². The number of nitrogens with zero attached hydrogens (tertiary/aromatic N) is 1. The smallest absolute Gasteiger partial charge is 0.266 e. The van der Waals surface area contributed by atoms with E-state index >= 15 is 0 Å². The molecule has 0 aliphatic heterocycles. The van der Waals surface area contributed by atoms with Crippen LogP contribution < -0.4 is 5.32 Å². The van der Waals surface area contributed by atoms with Crippen LogP contribution in [-0.4, -0.2) is 11.0 Å². The van der Waals surface area contributed by atoms with Gasteiger partial charge in [0, 0.05) is 10.7 Å². The molecule has 2 rings (SSSR count). The number of hydrogen-bond donors (Lipinski definition) is 2. The summed E-state index contributed by atoms with van der Waals surface area (Å²) in [6, 6.07) is 13.2. The third kappa shape index (κ3) is 3.87. The van der Waals surface area contributed by atoms with E-state index in [1.165, 1.54) is 18.2 Å². The Kier molecular flexibility index (Phi) is 4.82. The van der Waals surface area contributed by atoms with Gasteiger partial charge in [0.2, 0.25) is 0 Å². The largest absolute Gasteiger partial charge is 0.508 e. The highest BCUT2D eigenvalue weighted by molar-refractivity contribution is 6.30. The minimum Gasteiger partial charge on any atom is -0.508 e. The van der Waals surface area contributed by atoms with Gasteiger partial charge in [0.1, 0.15) is 17.4 Å². The van der Waals surface area contributed by atoms with Crippen LogP contribution in [0.1, 0.15) is 11.1 Å². The van der Waals surface area contributed by atoms with Crippen LogP contribution in [0.15, 0.2) is 48.0 Å². The van der Waals surface area contributed by atoms with E-state index in [9.17, 15) is 9.90 Å². The first-order valence-electron chi connectivity index (χ1n) is 6.48. The summed E-state index contributed by atoms with van der Waals surface area (Å²) >= 11 is 5.87. The SMILES string of the molecule is Cc1cc(Cl)ccc1NC(=O)/C(C#N)=C/c1cccc(O)c1. The minimum atomic E-state index is -0.517. The lowest BCUT2D eigenvalue weighted by molar-refractivity contribution is -0.112. The Bertz CT molecular complexity index is 791. The number of anilines is 1. The van der Waals surface area contributed by atoms with E-state index in [1.807, 2.05) is 13.0 Å². The second-order valence-electron chi connectivity index (χ2n) is 4.68. The molecule has 0 unspecified atom stereocenters. The molecular formula is C17H13ClN2O2. The first kappa shape index (κ1) is 15.6. The molecule has 2 aromatic rings. The maximum Gasteiger partial charge on any atom is 0.266 e. The Hall–Kier alpha value is -2.77. The Labute approximate surface area is 133 Å². The number of aryl methyl sites for hydroxylation is 1. The Balaban J connectivity index is 2.24. The van der Waals surface area contributed by atoms with Crippen LogP contribution in [-0.2, 0) is 4.79 Å². The molecule has 0 aliphatic rings. The van der Waals surface area contributed by atoms with Gasteiger partial charge in [-0.3, -0.25) is 4.79 Å². The number of carbonyl (C=O) groups is 1. The number of benzene rings is 2. The van der Waals surface area contributed by atoms with Crippen molar-refractivity contribution in [1.29, 1.82) is 5.26 Å². The predicted octanol–water partition coefficient (Wildman–Crippen LogP) is 3.90. The van der Waals surface area contributed by atoms with Crippen molar-refractivity contribution in [1.82, 2.24) is 0 Å². The third-order valence-electron chi connectivity index (χ3n) is 2.98. The van der Waals surface area contributed by atoms with Crippen LogP contribution in [0.4, 0.5) is 5.69 Å². The molecule has 0 aliphatic carbocycles. The van der Waals surface area contributed by atoms with Crippen molar-refractivity contribution in [3.8, 4) is 11.8 Å². The molecule has 0 aromatic heterocycles. The van der Waals surface area contributed by atoms with Gasteiger partial charge in [-0.25, -0.2) is 0 Å². The van der Waals surface area contributed by atoms with E-state index in [-0.39, 0.29) is 11.3 Å². The number of nitrogens with one attached hydrogen (secondary N) is 1. The van der Waals surface area contributed by atoms with Gasteiger partial charge < -0.3 is 10.4 Å². The van der Waals surface area contributed by atoms with Crippen LogP contribution in [0.25, 0.3) is 6.08 Å². The number of nitriles is 1. The van der Waals surface area contributed by atoms with Gasteiger partial charge in [0.05, 0.1) is 0 Å². The Morgan fingerprint density at radius 2 is 2.09 bits per heavy atom. The number of carbonyl (C=O) groups excluding carboxylic acids is 1. The fraction of sp³-hybridized carbons (Fsp3) is 0.0588. The zero-order valence-corrected chi connectivity index (χ0v) is 12.6. The topological polar surface area (TPSA) is 73.1 Å². The van der Waals surface area contributed by atoms with Crippen molar-refractivity contribution >= 4 is 29.3 Å². The standard InChI is InChI=1S/C17H13ClN2O2/c1-11-7-14(18)5-6-16(11)20-17(22)13(10-19)8-12-3-2-4-15(21)9-12/h2-9,21H,1H3,(H,20,22)/b13-8+. The third-order valence-corrected chi connectivity index (χ3v) is 3.22. The van der Waals surface area contributed by atoms with Gasteiger partial charge in [-0.1, -0.05) is 23.7 Å². The van der Waals surface area contributed by atoms with E-state index < -0.39 is 5.91 Å². The molecule has 22 heavy (non-hydrogen) atoms. The molecule has 0 spiro atoms. The zero-order chi connectivity index (χ0) is 16.1. The van der Waals surface area contributed by atoms with E-state index in [2.05, 4.69) is 5.32 Å². The van der Waals surface area contributed by atoms with E-state index in [0.29, 0.717) is 16.3 Å².